The Kier molecular flexibility index (Phi) is 5.91. The van der Waals surface area contributed by atoms with Gasteiger partial charge in [0.1, 0.15) is 11.5 Å². The summed E-state index contributed by atoms with van der Waals surface area (Å²) in [6.45, 7) is 4.07. The number of carbonyl (C=O) groups excluding carboxylic acids is 1. The van der Waals surface area contributed by atoms with Gasteiger partial charge in [0.05, 0.1) is 16.4 Å². The van der Waals surface area contributed by atoms with E-state index in [4.69, 9.17) is 27.6 Å². The Bertz CT molecular complexity index is 1460. The Balaban J connectivity index is 1.57. The Hall–Kier alpha value is -3.53. The van der Waals surface area contributed by atoms with Crippen LogP contribution in [-0.4, -0.2) is 5.91 Å². The lowest BCUT2D eigenvalue weighted by molar-refractivity contribution is -0.113. The van der Waals surface area contributed by atoms with E-state index < -0.39 is 0 Å². The van der Waals surface area contributed by atoms with Crippen LogP contribution in [0.2, 0.25) is 10.0 Å². The van der Waals surface area contributed by atoms with Gasteiger partial charge in [-0.3, -0.25) is 9.69 Å². The van der Waals surface area contributed by atoms with Gasteiger partial charge in [-0.15, -0.1) is 0 Å². The molecular formula is C29H21Cl2NO2. The Morgan fingerprint density at radius 3 is 2.44 bits per heavy atom. The molecule has 0 saturated carbocycles. The predicted octanol–water partition coefficient (Wildman–Crippen LogP) is 8.34. The standard InChI is InChI=1S/C29H21Cl2NO2/c1-18-8-12-26(19(2)14-18)32-27(20-6-4-3-5-7-20)16-21(29(32)33)15-23-10-13-28(34-23)24-17-22(30)9-11-25(24)31/h3-17H,1-2H3. The van der Waals surface area contributed by atoms with Crippen molar-refractivity contribution < 1.29 is 9.21 Å². The molecule has 0 atom stereocenters. The normalized spacial score (nSPS) is 14.7. The molecule has 1 aliphatic rings. The van der Waals surface area contributed by atoms with Crippen molar-refractivity contribution in [1.29, 1.82) is 0 Å². The summed E-state index contributed by atoms with van der Waals surface area (Å²) in [5, 5.41) is 1.11. The number of carbonyl (C=O) groups is 1. The maximum atomic E-state index is 13.6. The van der Waals surface area contributed by atoms with Crippen LogP contribution in [0.15, 0.2) is 94.9 Å². The molecule has 2 heterocycles. The lowest BCUT2D eigenvalue weighted by Gasteiger charge is -2.23. The van der Waals surface area contributed by atoms with Crippen LogP contribution in [0.1, 0.15) is 22.5 Å². The predicted molar refractivity (Wildman–Crippen MR) is 140 cm³/mol. The van der Waals surface area contributed by atoms with Crippen molar-refractivity contribution >= 4 is 46.6 Å². The topological polar surface area (TPSA) is 33.5 Å². The maximum Gasteiger partial charge on any atom is 0.263 e. The molecule has 5 rings (SSSR count). The molecular weight excluding hydrogens is 465 g/mol. The summed E-state index contributed by atoms with van der Waals surface area (Å²) in [5.41, 5.74) is 6.08. The van der Waals surface area contributed by atoms with Gasteiger partial charge in [-0.1, -0.05) is 71.2 Å². The van der Waals surface area contributed by atoms with E-state index in [0.29, 0.717) is 32.7 Å². The number of nitrogens with zero attached hydrogens (tertiary/aromatic N) is 1. The van der Waals surface area contributed by atoms with Crippen molar-refractivity contribution in [3.05, 3.63) is 123 Å². The number of furan rings is 1. The Morgan fingerprint density at radius 1 is 0.882 bits per heavy atom. The minimum absolute atomic E-state index is 0.107. The smallest absolute Gasteiger partial charge is 0.263 e. The van der Waals surface area contributed by atoms with Gasteiger partial charge in [0.2, 0.25) is 0 Å². The van der Waals surface area contributed by atoms with E-state index in [1.165, 1.54) is 0 Å². The van der Waals surface area contributed by atoms with Crippen molar-refractivity contribution in [3.63, 3.8) is 0 Å². The summed E-state index contributed by atoms with van der Waals surface area (Å²) >= 11 is 12.5. The van der Waals surface area contributed by atoms with Gasteiger partial charge in [-0.25, -0.2) is 0 Å². The SMILES string of the molecule is Cc1ccc(N2C(=O)C(=Cc3ccc(-c4cc(Cl)ccc4Cl)o3)C=C2c2ccccc2)c(C)c1. The number of rotatable bonds is 4. The summed E-state index contributed by atoms with van der Waals surface area (Å²) in [6, 6.07) is 24.9. The van der Waals surface area contributed by atoms with E-state index in [2.05, 4.69) is 6.07 Å². The molecule has 0 radical (unpaired) electrons. The first kappa shape index (κ1) is 22.3. The number of anilines is 1. The molecule has 168 valence electrons. The molecule has 0 spiro atoms. The third kappa shape index (κ3) is 4.21. The van der Waals surface area contributed by atoms with Crippen molar-refractivity contribution in [2.75, 3.05) is 4.90 Å². The largest absolute Gasteiger partial charge is 0.457 e. The molecule has 3 aromatic carbocycles. The quantitative estimate of drug-likeness (QED) is 0.272. The second-order valence-corrected chi connectivity index (χ2v) is 9.10. The molecule has 0 bridgehead atoms. The van der Waals surface area contributed by atoms with Gasteiger partial charge in [0.25, 0.3) is 5.91 Å². The molecule has 4 aromatic rings. The molecule has 0 fully saturated rings. The number of hydrogen-bond donors (Lipinski definition) is 0. The van der Waals surface area contributed by atoms with E-state index in [1.807, 2.05) is 74.5 Å². The van der Waals surface area contributed by atoms with Gasteiger partial charge in [0, 0.05) is 16.2 Å². The van der Waals surface area contributed by atoms with Crippen molar-refractivity contribution in [2.24, 2.45) is 0 Å². The van der Waals surface area contributed by atoms with Gasteiger partial charge >= 0.3 is 0 Å². The van der Waals surface area contributed by atoms with Crippen LogP contribution in [-0.2, 0) is 4.79 Å². The van der Waals surface area contributed by atoms with Crippen LogP contribution in [0.25, 0.3) is 23.1 Å². The second kappa shape index (κ2) is 9.02. The molecule has 0 unspecified atom stereocenters. The fourth-order valence-electron chi connectivity index (χ4n) is 4.15. The lowest BCUT2D eigenvalue weighted by Crippen LogP contribution is -2.25. The fourth-order valence-corrected chi connectivity index (χ4v) is 4.53. The first-order valence-corrected chi connectivity index (χ1v) is 11.6. The number of halogens is 2. The molecule has 0 N–H and O–H groups in total. The van der Waals surface area contributed by atoms with Crippen molar-refractivity contribution in [3.8, 4) is 11.3 Å². The number of hydrogen-bond acceptors (Lipinski definition) is 2. The van der Waals surface area contributed by atoms with Gasteiger partial charge in [-0.2, -0.15) is 0 Å². The number of benzene rings is 3. The van der Waals surface area contributed by atoms with E-state index in [-0.39, 0.29) is 5.91 Å². The number of aryl methyl sites for hydroxylation is 2. The second-order valence-electron chi connectivity index (χ2n) is 8.25. The van der Waals surface area contributed by atoms with Crippen LogP contribution in [0, 0.1) is 13.8 Å². The summed E-state index contributed by atoms with van der Waals surface area (Å²) in [7, 11) is 0. The van der Waals surface area contributed by atoms with Crippen LogP contribution in [0.5, 0.6) is 0 Å². The van der Waals surface area contributed by atoms with Crippen LogP contribution < -0.4 is 4.90 Å². The number of amides is 1. The average Bonchev–Trinajstić information content (AvgIpc) is 3.41. The zero-order valence-corrected chi connectivity index (χ0v) is 20.2. The molecule has 0 saturated heterocycles. The molecule has 1 amide bonds. The third-order valence-corrected chi connectivity index (χ3v) is 6.33. The van der Waals surface area contributed by atoms with E-state index >= 15 is 0 Å². The Labute approximate surface area is 208 Å². The third-order valence-electron chi connectivity index (χ3n) is 5.76. The van der Waals surface area contributed by atoms with E-state index in [0.717, 1.165) is 28.1 Å². The minimum atomic E-state index is -0.107. The average molecular weight is 486 g/mol. The highest BCUT2D eigenvalue weighted by Crippen LogP contribution is 2.38. The summed E-state index contributed by atoms with van der Waals surface area (Å²) in [5.74, 6) is 1.04. The zero-order valence-electron chi connectivity index (χ0n) is 18.7. The van der Waals surface area contributed by atoms with Crippen LogP contribution >= 0.6 is 23.2 Å². The molecule has 0 aliphatic carbocycles. The van der Waals surface area contributed by atoms with Gasteiger partial charge < -0.3 is 4.42 Å². The lowest BCUT2D eigenvalue weighted by atomic mass is 10.1. The summed E-state index contributed by atoms with van der Waals surface area (Å²) < 4.78 is 6.02. The fraction of sp³-hybridized carbons (Fsp3) is 0.0690. The monoisotopic (exact) mass is 485 g/mol. The van der Waals surface area contributed by atoms with E-state index in [9.17, 15) is 4.79 Å². The van der Waals surface area contributed by atoms with Crippen molar-refractivity contribution in [2.45, 2.75) is 13.8 Å². The van der Waals surface area contributed by atoms with E-state index in [1.54, 1.807) is 29.2 Å². The molecule has 34 heavy (non-hydrogen) atoms. The highest BCUT2D eigenvalue weighted by molar-refractivity contribution is 6.35. The molecule has 5 heteroatoms. The molecule has 1 aliphatic heterocycles. The highest BCUT2D eigenvalue weighted by atomic mass is 35.5. The van der Waals surface area contributed by atoms with Crippen LogP contribution in [0.4, 0.5) is 5.69 Å². The minimum Gasteiger partial charge on any atom is -0.457 e. The molecule has 1 aromatic heterocycles. The van der Waals surface area contributed by atoms with Crippen LogP contribution in [0.3, 0.4) is 0 Å². The van der Waals surface area contributed by atoms with Gasteiger partial charge in [0.15, 0.2) is 0 Å². The first-order chi connectivity index (χ1) is 16.4. The summed E-state index contributed by atoms with van der Waals surface area (Å²) in [4.78, 5) is 15.4. The van der Waals surface area contributed by atoms with Crippen molar-refractivity contribution in [1.82, 2.24) is 0 Å². The van der Waals surface area contributed by atoms with Gasteiger partial charge in [-0.05, 0) is 73.5 Å². The first-order valence-electron chi connectivity index (χ1n) is 10.9. The maximum absolute atomic E-state index is 13.6. The molecule has 3 nitrogen and oxygen atoms in total. The Morgan fingerprint density at radius 2 is 1.68 bits per heavy atom. The highest BCUT2D eigenvalue weighted by Gasteiger charge is 2.31. The zero-order chi connectivity index (χ0) is 23.8. The summed E-state index contributed by atoms with van der Waals surface area (Å²) in [6.07, 6.45) is 3.67.